The molecule has 1 N–H and O–H groups in total. The van der Waals surface area contributed by atoms with E-state index in [4.69, 9.17) is 0 Å². The van der Waals surface area contributed by atoms with E-state index in [1.807, 2.05) is 24.0 Å². The molecule has 4 nitrogen and oxygen atoms in total. The second-order valence-electron chi connectivity index (χ2n) is 4.08. The number of nitrogens with one attached hydrogen (secondary N) is 1. The summed E-state index contributed by atoms with van der Waals surface area (Å²) in [5.41, 5.74) is 0. The summed E-state index contributed by atoms with van der Waals surface area (Å²) in [6.07, 6.45) is 5.65. The van der Waals surface area contributed by atoms with Crippen molar-refractivity contribution in [1.82, 2.24) is 14.5 Å². The summed E-state index contributed by atoms with van der Waals surface area (Å²) in [5, 5.41) is 6.37. The van der Waals surface area contributed by atoms with Crippen molar-refractivity contribution >= 4 is 17.3 Å². The summed E-state index contributed by atoms with van der Waals surface area (Å²) in [5.74, 6) is 1.54. The first-order valence-corrected chi connectivity index (χ1v) is 6.27. The van der Waals surface area contributed by atoms with Gasteiger partial charge in [0.05, 0.1) is 6.54 Å². The lowest BCUT2D eigenvalue weighted by Gasteiger charge is -2.10. The molecule has 2 rings (SSSR count). The van der Waals surface area contributed by atoms with Crippen molar-refractivity contribution in [3.63, 3.8) is 0 Å². The number of hydrogen-bond donors (Lipinski definition) is 1. The molecule has 0 fully saturated rings. The van der Waals surface area contributed by atoms with Crippen LogP contribution in [0.2, 0.25) is 0 Å². The second-order valence-corrected chi connectivity index (χ2v) is 5.06. The lowest BCUT2D eigenvalue weighted by atomic mass is 10.2. The zero-order chi connectivity index (χ0) is 11.4. The molecule has 5 heteroatoms. The fraction of sp³-hybridized carbons (Fsp3) is 0.455. The van der Waals surface area contributed by atoms with Crippen LogP contribution in [0.15, 0.2) is 24.0 Å². The Morgan fingerprint density at radius 2 is 2.25 bits per heavy atom. The van der Waals surface area contributed by atoms with Gasteiger partial charge in [0.25, 0.3) is 0 Å². The first kappa shape index (κ1) is 11.1. The van der Waals surface area contributed by atoms with E-state index in [1.165, 1.54) is 0 Å². The Labute approximate surface area is 99.4 Å². The highest BCUT2D eigenvalue weighted by Gasteiger charge is 2.04. The number of thiazole rings is 1. The minimum Gasteiger partial charge on any atom is -0.349 e. The smallest absolute Gasteiger partial charge is 0.203 e. The SMILES string of the molecule is CC(C)Cn1ccnc1NCc1nccs1. The van der Waals surface area contributed by atoms with Gasteiger partial charge in [-0.2, -0.15) is 0 Å². The van der Waals surface area contributed by atoms with Crippen LogP contribution in [0.5, 0.6) is 0 Å². The van der Waals surface area contributed by atoms with Gasteiger partial charge in [0.15, 0.2) is 0 Å². The van der Waals surface area contributed by atoms with E-state index < -0.39 is 0 Å². The topological polar surface area (TPSA) is 42.7 Å². The fourth-order valence-corrected chi connectivity index (χ4v) is 2.07. The van der Waals surface area contributed by atoms with Crippen LogP contribution in [0.25, 0.3) is 0 Å². The van der Waals surface area contributed by atoms with Gasteiger partial charge in [-0.3, -0.25) is 0 Å². The molecule has 16 heavy (non-hydrogen) atoms. The predicted octanol–water partition coefficient (Wildman–Crippen LogP) is 2.61. The maximum Gasteiger partial charge on any atom is 0.203 e. The zero-order valence-electron chi connectivity index (χ0n) is 9.55. The van der Waals surface area contributed by atoms with Gasteiger partial charge in [0, 0.05) is 30.5 Å². The van der Waals surface area contributed by atoms with E-state index >= 15 is 0 Å². The normalized spacial score (nSPS) is 10.9. The van der Waals surface area contributed by atoms with E-state index in [-0.39, 0.29) is 0 Å². The van der Waals surface area contributed by atoms with Crippen molar-refractivity contribution in [3.8, 4) is 0 Å². The molecule has 0 amide bonds. The molecule has 0 spiro atoms. The largest absolute Gasteiger partial charge is 0.349 e. The van der Waals surface area contributed by atoms with Gasteiger partial charge in [-0.1, -0.05) is 13.8 Å². The molecule has 0 atom stereocenters. The highest BCUT2D eigenvalue weighted by Crippen LogP contribution is 2.11. The lowest BCUT2D eigenvalue weighted by Crippen LogP contribution is -2.10. The van der Waals surface area contributed by atoms with Crippen LogP contribution < -0.4 is 5.32 Å². The highest BCUT2D eigenvalue weighted by molar-refractivity contribution is 7.09. The Morgan fingerprint density at radius 3 is 2.94 bits per heavy atom. The van der Waals surface area contributed by atoms with Gasteiger partial charge in [-0.25, -0.2) is 9.97 Å². The maximum atomic E-state index is 4.30. The fourth-order valence-electron chi connectivity index (χ4n) is 1.51. The number of aromatic nitrogens is 3. The number of anilines is 1. The van der Waals surface area contributed by atoms with Gasteiger partial charge >= 0.3 is 0 Å². The van der Waals surface area contributed by atoms with Crippen molar-refractivity contribution in [1.29, 1.82) is 0 Å². The third-order valence-electron chi connectivity index (χ3n) is 2.16. The number of hydrogen-bond acceptors (Lipinski definition) is 4. The second kappa shape index (κ2) is 5.12. The Hall–Kier alpha value is -1.36. The number of rotatable bonds is 5. The molecule has 2 aromatic rings. The van der Waals surface area contributed by atoms with E-state index in [2.05, 4.69) is 33.7 Å². The predicted molar refractivity (Wildman–Crippen MR) is 66.5 cm³/mol. The van der Waals surface area contributed by atoms with Crippen molar-refractivity contribution < 1.29 is 0 Å². The van der Waals surface area contributed by atoms with E-state index in [0.29, 0.717) is 5.92 Å². The molecule has 86 valence electrons. The Balaban J connectivity index is 1.96. The minimum absolute atomic E-state index is 0.620. The van der Waals surface area contributed by atoms with Crippen LogP contribution in [-0.4, -0.2) is 14.5 Å². The molecule has 2 aromatic heterocycles. The van der Waals surface area contributed by atoms with Crippen LogP contribution in [0.3, 0.4) is 0 Å². The molecular formula is C11H16N4S. The average molecular weight is 236 g/mol. The van der Waals surface area contributed by atoms with Gasteiger partial charge in [0.2, 0.25) is 5.95 Å². The Kier molecular flexibility index (Phi) is 3.56. The lowest BCUT2D eigenvalue weighted by molar-refractivity contribution is 0.526. The number of nitrogens with zero attached hydrogens (tertiary/aromatic N) is 3. The summed E-state index contributed by atoms with van der Waals surface area (Å²) in [7, 11) is 0. The first-order chi connectivity index (χ1) is 7.75. The van der Waals surface area contributed by atoms with E-state index in [9.17, 15) is 0 Å². The highest BCUT2D eigenvalue weighted by atomic mass is 32.1. The third-order valence-corrected chi connectivity index (χ3v) is 2.94. The summed E-state index contributed by atoms with van der Waals surface area (Å²) >= 11 is 1.65. The molecule has 0 saturated carbocycles. The van der Waals surface area contributed by atoms with Gasteiger partial charge < -0.3 is 9.88 Å². The van der Waals surface area contributed by atoms with E-state index in [1.54, 1.807) is 11.3 Å². The molecule has 0 saturated heterocycles. The van der Waals surface area contributed by atoms with Crippen molar-refractivity contribution in [2.45, 2.75) is 26.9 Å². The van der Waals surface area contributed by atoms with Gasteiger partial charge in [-0.15, -0.1) is 11.3 Å². The molecule has 0 radical (unpaired) electrons. The summed E-state index contributed by atoms with van der Waals surface area (Å²) in [6, 6.07) is 0. The third kappa shape index (κ3) is 2.82. The molecule has 0 aromatic carbocycles. The van der Waals surface area contributed by atoms with Crippen LogP contribution in [0.1, 0.15) is 18.9 Å². The summed E-state index contributed by atoms with van der Waals surface area (Å²) in [4.78, 5) is 8.52. The quantitative estimate of drug-likeness (QED) is 0.867. The van der Waals surface area contributed by atoms with Crippen LogP contribution >= 0.6 is 11.3 Å². The molecule has 0 aliphatic heterocycles. The van der Waals surface area contributed by atoms with Gasteiger partial charge in [0.1, 0.15) is 5.01 Å². The van der Waals surface area contributed by atoms with Crippen molar-refractivity contribution in [2.24, 2.45) is 5.92 Å². The maximum absolute atomic E-state index is 4.30. The number of imidazole rings is 1. The molecule has 0 bridgehead atoms. The molecule has 2 heterocycles. The first-order valence-electron chi connectivity index (χ1n) is 5.39. The van der Waals surface area contributed by atoms with Crippen LogP contribution in [-0.2, 0) is 13.1 Å². The van der Waals surface area contributed by atoms with Crippen molar-refractivity contribution in [2.75, 3.05) is 5.32 Å². The van der Waals surface area contributed by atoms with E-state index in [0.717, 1.165) is 24.0 Å². The zero-order valence-corrected chi connectivity index (χ0v) is 10.4. The average Bonchev–Trinajstić information content (AvgIpc) is 2.84. The van der Waals surface area contributed by atoms with Crippen molar-refractivity contribution in [3.05, 3.63) is 29.0 Å². The summed E-state index contributed by atoms with van der Waals surface area (Å²) in [6.45, 7) is 6.13. The van der Waals surface area contributed by atoms with Crippen LogP contribution in [0, 0.1) is 5.92 Å². The molecule has 0 aliphatic carbocycles. The molecule has 0 aliphatic rings. The Bertz CT molecular complexity index is 419. The van der Waals surface area contributed by atoms with Gasteiger partial charge in [-0.05, 0) is 5.92 Å². The Morgan fingerprint density at radius 1 is 1.38 bits per heavy atom. The standard InChI is InChI=1S/C11H16N4S/c1-9(2)8-15-5-3-13-11(15)14-7-10-12-4-6-16-10/h3-6,9H,7-8H2,1-2H3,(H,13,14). The summed E-state index contributed by atoms with van der Waals surface area (Å²) < 4.78 is 2.14. The minimum atomic E-state index is 0.620. The monoisotopic (exact) mass is 236 g/mol. The van der Waals surface area contributed by atoms with Crippen LogP contribution in [0.4, 0.5) is 5.95 Å². The molecular weight excluding hydrogens is 220 g/mol. The molecule has 0 unspecified atom stereocenters.